The number of aromatic nitrogens is 1. The van der Waals surface area contributed by atoms with Crippen LogP contribution >= 0.6 is 0 Å². The average molecular weight is 228 g/mol. The van der Waals surface area contributed by atoms with E-state index in [1.54, 1.807) is 0 Å². The molecular weight excluding hydrogens is 208 g/mol. The second-order valence-electron chi connectivity index (χ2n) is 4.27. The highest BCUT2D eigenvalue weighted by atomic mass is 15.0. The monoisotopic (exact) mass is 228 g/mol. The molecule has 0 amide bonds. The van der Waals surface area contributed by atoms with Gasteiger partial charge in [-0.1, -0.05) is 37.3 Å². The third-order valence-electron chi connectivity index (χ3n) is 3.12. The third-order valence-corrected chi connectivity index (χ3v) is 3.12. The van der Waals surface area contributed by atoms with Gasteiger partial charge in [0.05, 0.1) is 6.04 Å². The van der Waals surface area contributed by atoms with Crippen molar-refractivity contribution in [3.8, 4) is 0 Å². The molecule has 1 aromatic heterocycles. The van der Waals surface area contributed by atoms with Gasteiger partial charge in [0, 0.05) is 18.4 Å². The molecule has 1 heterocycles. The van der Waals surface area contributed by atoms with Crippen LogP contribution in [0.2, 0.25) is 0 Å². The summed E-state index contributed by atoms with van der Waals surface area (Å²) in [5, 5.41) is 3.38. The maximum absolute atomic E-state index is 3.38. The van der Waals surface area contributed by atoms with Gasteiger partial charge in [-0.3, -0.25) is 0 Å². The van der Waals surface area contributed by atoms with Crippen LogP contribution in [0.4, 0.5) is 0 Å². The van der Waals surface area contributed by atoms with Crippen molar-refractivity contribution in [2.24, 2.45) is 0 Å². The van der Waals surface area contributed by atoms with Crippen LogP contribution in [0, 0.1) is 0 Å². The normalized spacial score (nSPS) is 12.6. The first kappa shape index (κ1) is 11.9. The number of hydrogen-bond donors (Lipinski definition) is 1. The molecule has 90 valence electrons. The van der Waals surface area contributed by atoms with E-state index in [0.717, 1.165) is 13.1 Å². The highest BCUT2D eigenvalue weighted by Gasteiger charge is 2.09. The second-order valence-corrected chi connectivity index (χ2v) is 4.27. The molecule has 0 fully saturated rings. The Bertz CT molecular complexity index is 445. The van der Waals surface area contributed by atoms with Gasteiger partial charge in [-0.05, 0) is 31.2 Å². The van der Waals surface area contributed by atoms with E-state index in [4.69, 9.17) is 0 Å². The van der Waals surface area contributed by atoms with Crippen LogP contribution in [0.1, 0.15) is 31.1 Å². The van der Waals surface area contributed by atoms with E-state index >= 15 is 0 Å². The standard InChI is InChI=1S/C15H20N2/c1-3-16-12-15-10-7-11-17(15)13(2)14-8-5-4-6-9-14/h4-11,13,16H,3,12H2,1-2H3/t13-/m1/s1. The first-order valence-electron chi connectivity index (χ1n) is 6.24. The van der Waals surface area contributed by atoms with Gasteiger partial charge >= 0.3 is 0 Å². The molecule has 0 saturated carbocycles. The zero-order valence-electron chi connectivity index (χ0n) is 10.6. The molecule has 2 nitrogen and oxygen atoms in total. The van der Waals surface area contributed by atoms with Gasteiger partial charge in [-0.15, -0.1) is 0 Å². The second kappa shape index (κ2) is 5.69. The van der Waals surface area contributed by atoms with E-state index in [2.05, 4.69) is 72.4 Å². The summed E-state index contributed by atoms with van der Waals surface area (Å²) in [6.45, 7) is 6.31. The number of nitrogens with one attached hydrogen (secondary N) is 1. The number of rotatable bonds is 5. The minimum Gasteiger partial charge on any atom is -0.343 e. The van der Waals surface area contributed by atoms with Crippen molar-refractivity contribution in [1.29, 1.82) is 0 Å². The first-order chi connectivity index (χ1) is 8.33. The maximum Gasteiger partial charge on any atom is 0.0555 e. The predicted molar refractivity (Wildman–Crippen MR) is 72.1 cm³/mol. The van der Waals surface area contributed by atoms with Crippen molar-refractivity contribution in [2.75, 3.05) is 6.54 Å². The van der Waals surface area contributed by atoms with Gasteiger partial charge in [0.1, 0.15) is 0 Å². The molecular formula is C15H20N2. The van der Waals surface area contributed by atoms with E-state index in [-0.39, 0.29) is 0 Å². The van der Waals surface area contributed by atoms with Crippen molar-refractivity contribution in [2.45, 2.75) is 26.4 Å². The van der Waals surface area contributed by atoms with Gasteiger partial charge in [0.15, 0.2) is 0 Å². The molecule has 2 aromatic rings. The van der Waals surface area contributed by atoms with Crippen LogP contribution in [0.25, 0.3) is 0 Å². The van der Waals surface area contributed by atoms with Crippen LogP contribution in [0.5, 0.6) is 0 Å². The molecule has 0 aliphatic carbocycles. The fourth-order valence-corrected chi connectivity index (χ4v) is 2.10. The quantitative estimate of drug-likeness (QED) is 0.831. The maximum atomic E-state index is 3.38. The summed E-state index contributed by atoms with van der Waals surface area (Å²) in [5.74, 6) is 0. The minimum absolute atomic E-state index is 0.389. The number of hydrogen-bond acceptors (Lipinski definition) is 1. The van der Waals surface area contributed by atoms with E-state index in [1.807, 2.05) is 0 Å². The van der Waals surface area contributed by atoms with Crippen LogP contribution in [-0.4, -0.2) is 11.1 Å². The Kier molecular flexibility index (Phi) is 3.99. The Morgan fingerprint density at radius 1 is 1.12 bits per heavy atom. The molecule has 1 N–H and O–H groups in total. The number of nitrogens with zero attached hydrogens (tertiary/aromatic N) is 1. The molecule has 0 aliphatic rings. The van der Waals surface area contributed by atoms with Crippen LogP contribution in [0.15, 0.2) is 48.7 Å². The summed E-state index contributed by atoms with van der Waals surface area (Å²) in [5.41, 5.74) is 2.68. The molecule has 1 atom stereocenters. The molecule has 0 aliphatic heterocycles. The topological polar surface area (TPSA) is 17.0 Å². The van der Waals surface area contributed by atoms with Crippen LogP contribution in [-0.2, 0) is 6.54 Å². The lowest BCUT2D eigenvalue weighted by Crippen LogP contribution is -2.17. The summed E-state index contributed by atoms with van der Waals surface area (Å²) >= 11 is 0. The summed E-state index contributed by atoms with van der Waals surface area (Å²) in [7, 11) is 0. The molecule has 0 bridgehead atoms. The van der Waals surface area contributed by atoms with E-state index < -0.39 is 0 Å². The lowest BCUT2D eigenvalue weighted by Gasteiger charge is -2.18. The lowest BCUT2D eigenvalue weighted by atomic mass is 10.1. The van der Waals surface area contributed by atoms with Crippen molar-refractivity contribution in [3.05, 3.63) is 59.9 Å². The zero-order valence-corrected chi connectivity index (χ0v) is 10.6. The van der Waals surface area contributed by atoms with Gasteiger partial charge in [-0.25, -0.2) is 0 Å². The van der Waals surface area contributed by atoms with E-state index in [1.165, 1.54) is 11.3 Å². The summed E-state index contributed by atoms with van der Waals surface area (Å²) < 4.78 is 2.33. The van der Waals surface area contributed by atoms with E-state index in [0.29, 0.717) is 6.04 Å². The van der Waals surface area contributed by atoms with Gasteiger partial charge in [-0.2, -0.15) is 0 Å². The summed E-state index contributed by atoms with van der Waals surface area (Å²) in [4.78, 5) is 0. The molecule has 0 unspecified atom stereocenters. The van der Waals surface area contributed by atoms with Gasteiger partial charge < -0.3 is 9.88 Å². The molecule has 0 saturated heterocycles. The Hall–Kier alpha value is -1.54. The van der Waals surface area contributed by atoms with Gasteiger partial charge in [0.2, 0.25) is 0 Å². The molecule has 17 heavy (non-hydrogen) atoms. The largest absolute Gasteiger partial charge is 0.343 e. The predicted octanol–water partition coefficient (Wildman–Crippen LogP) is 3.21. The van der Waals surface area contributed by atoms with Crippen LogP contribution in [0.3, 0.4) is 0 Å². The van der Waals surface area contributed by atoms with E-state index in [9.17, 15) is 0 Å². The van der Waals surface area contributed by atoms with Crippen molar-refractivity contribution in [1.82, 2.24) is 9.88 Å². The van der Waals surface area contributed by atoms with Gasteiger partial charge in [0.25, 0.3) is 0 Å². The van der Waals surface area contributed by atoms with Crippen LogP contribution < -0.4 is 5.32 Å². The fourth-order valence-electron chi connectivity index (χ4n) is 2.10. The smallest absolute Gasteiger partial charge is 0.0555 e. The Morgan fingerprint density at radius 3 is 2.59 bits per heavy atom. The highest BCUT2D eigenvalue weighted by molar-refractivity contribution is 5.21. The molecule has 1 aromatic carbocycles. The third kappa shape index (κ3) is 2.77. The Morgan fingerprint density at radius 2 is 1.88 bits per heavy atom. The molecule has 0 spiro atoms. The highest BCUT2D eigenvalue weighted by Crippen LogP contribution is 2.19. The molecule has 2 heteroatoms. The minimum atomic E-state index is 0.389. The lowest BCUT2D eigenvalue weighted by molar-refractivity contribution is 0.584. The van der Waals surface area contributed by atoms with Crippen molar-refractivity contribution < 1.29 is 0 Å². The SMILES string of the molecule is CCNCc1cccn1[C@H](C)c1ccccc1. The molecule has 2 rings (SSSR count). The average Bonchev–Trinajstić information content (AvgIpc) is 2.84. The Labute approximate surface area is 103 Å². The molecule has 0 radical (unpaired) electrons. The van der Waals surface area contributed by atoms with Crippen molar-refractivity contribution in [3.63, 3.8) is 0 Å². The summed E-state index contributed by atoms with van der Waals surface area (Å²) in [6.07, 6.45) is 2.16. The number of benzene rings is 1. The summed E-state index contributed by atoms with van der Waals surface area (Å²) in [6, 6.07) is 15.3. The zero-order chi connectivity index (χ0) is 12.1. The first-order valence-corrected chi connectivity index (χ1v) is 6.24. The fraction of sp³-hybridized carbons (Fsp3) is 0.333. The van der Waals surface area contributed by atoms with Crippen molar-refractivity contribution >= 4 is 0 Å². The Balaban J connectivity index is 2.19.